The third kappa shape index (κ3) is 4.12. The van der Waals surface area contributed by atoms with E-state index in [1.54, 1.807) is 16.8 Å². The van der Waals surface area contributed by atoms with Crippen LogP contribution in [0.15, 0.2) is 72.8 Å². The molecular formula is C24H21FN4O. The zero-order valence-corrected chi connectivity index (χ0v) is 16.8. The third-order valence-electron chi connectivity index (χ3n) is 4.79. The maximum Gasteiger partial charge on any atom is 0.291 e. The van der Waals surface area contributed by atoms with Gasteiger partial charge in [-0.3, -0.25) is 4.79 Å². The second-order valence-corrected chi connectivity index (χ2v) is 7.14. The van der Waals surface area contributed by atoms with Crippen molar-refractivity contribution in [1.82, 2.24) is 20.1 Å². The molecule has 0 aliphatic rings. The predicted molar refractivity (Wildman–Crippen MR) is 114 cm³/mol. The summed E-state index contributed by atoms with van der Waals surface area (Å²) in [4.78, 5) is 17.2. The zero-order chi connectivity index (χ0) is 21.1. The minimum atomic E-state index is -0.370. The summed E-state index contributed by atoms with van der Waals surface area (Å²) in [5.41, 5.74) is 4.60. The van der Waals surface area contributed by atoms with Gasteiger partial charge in [-0.25, -0.2) is 14.1 Å². The van der Waals surface area contributed by atoms with Gasteiger partial charge in [-0.2, -0.15) is 0 Å². The van der Waals surface area contributed by atoms with Crippen LogP contribution in [0, 0.1) is 19.7 Å². The lowest BCUT2D eigenvalue weighted by atomic mass is 10.1. The van der Waals surface area contributed by atoms with Crippen molar-refractivity contribution in [3.8, 4) is 17.1 Å². The fourth-order valence-corrected chi connectivity index (χ4v) is 3.26. The quantitative estimate of drug-likeness (QED) is 0.532. The number of nitrogens with one attached hydrogen (secondary N) is 1. The molecule has 0 saturated carbocycles. The van der Waals surface area contributed by atoms with Crippen LogP contribution in [0.2, 0.25) is 0 Å². The van der Waals surface area contributed by atoms with Gasteiger partial charge in [0.15, 0.2) is 5.82 Å². The SMILES string of the molecule is Cc1ccc(-n2nc(C(=O)NCc3ccccc3)nc2-c2ccc(F)cc2)c(C)c1. The van der Waals surface area contributed by atoms with E-state index < -0.39 is 0 Å². The average Bonchev–Trinajstić information content (AvgIpc) is 3.18. The van der Waals surface area contributed by atoms with Crippen molar-refractivity contribution in [2.75, 3.05) is 0 Å². The van der Waals surface area contributed by atoms with Crippen LogP contribution in [-0.2, 0) is 6.54 Å². The molecule has 1 heterocycles. The second-order valence-electron chi connectivity index (χ2n) is 7.14. The average molecular weight is 400 g/mol. The Kier molecular flexibility index (Phi) is 5.39. The molecule has 4 rings (SSSR count). The minimum absolute atomic E-state index is 0.0604. The Labute approximate surface area is 174 Å². The summed E-state index contributed by atoms with van der Waals surface area (Å²) >= 11 is 0. The van der Waals surface area contributed by atoms with Gasteiger partial charge in [0.25, 0.3) is 5.91 Å². The molecule has 1 aromatic heterocycles. The molecule has 0 aliphatic heterocycles. The van der Waals surface area contributed by atoms with Crippen LogP contribution < -0.4 is 5.32 Å². The summed E-state index contributed by atoms with van der Waals surface area (Å²) < 4.78 is 15.1. The van der Waals surface area contributed by atoms with Gasteiger partial charge in [-0.05, 0) is 55.3 Å². The van der Waals surface area contributed by atoms with Gasteiger partial charge in [0, 0.05) is 12.1 Å². The predicted octanol–water partition coefficient (Wildman–Crippen LogP) is 4.62. The summed E-state index contributed by atoms with van der Waals surface area (Å²) in [6.45, 7) is 4.37. The number of halogens is 1. The van der Waals surface area contributed by atoms with Crippen LogP contribution in [0.4, 0.5) is 4.39 Å². The third-order valence-corrected chi connectivity index (χ3v) is 4.79. The maximum absolute atomic E-state index is 13.4. The van der Waals surface area contributed by atoms with Gasteiger partial charge in [0.2, 0.25) is 5.82 Å². The van der Waals surface area contributed by atoms with E-state index in [9.17, 15) is 9.18 Å². The highest BCUT2D eigenvalue weighted by molar-refractivity contribution is 5.91. The summed E-state index contributed by atoms with van der Waals surface area (Å²) in [5, 5.41) is 7.34. The molecule has 150 valence electrons. The number of carbonyl (C=O) groups excluding carboxylic acids is 1. The molecule has 0 spiro atoms. The highest BCUT2D eigenvalue weighted by atomic mass is 19.1. The van der Waals surface area contributed by atoms with Crippen LogP contribution in [0.25, 0.3) is 17.1 Å². The van der Waals surface area contributed by atoms with Crippen LogP contribution in [0.5, 0.6) is 0 Å². The molecule has 30 heavy (non-hydrogen) atoms. The van der Waals surface area contributed by atoms with E-state index >= 15 is 0 Å². The van der Waals surface area contributed by atoms with Crippen molar-refractivity contribution in [2.24, 2.45) is 0 Å². The van der Waals surface area contributed by atoms with Gasteiger partial charge in [0.1, 0.15) is 5.82 Å². The maximum atomic E-state index is 13.4. The van der Waals surface area contributed by atoms with Crippen molar-refractivity contribution in [1.29, 1.82) is 0 Å². The van der Waals surface area contributed by atoms with Crippen molar-refractivity contribution in [3.05, 3.63) is 101 Å². The second kappa shape index (κ2) is 8.29. The molecule has 1 N–H and O–H groups in total. The fourth-order valence-electron chi connectivity index (χ4n) is 3.26. The molecule has 5 nitrogen and oxygen atoms in total. The lowest BCUT2D eigenvalue weighted by Crippen LogP contribution is -2.24. The van der Waals surface area contributed by atoms with E-state index in [1.807, 2.05) is 62.4 Å². The number of carbonyl (C=O) groups is 1. The van der Waals surface area contributed by atoms with E-state index in [1.165, 1.54) is 12.1 Å². The highest BCUT2D eigenvalue weighted by Crippen LogP contribution is 2.24. The monoisotopic (exact) mass is 400 g/mol. The fraction of sp³-hybridized carbons (Fsp3) is 0.125. The van der Waals surface area contributed by atoms with E-state index in [2.05, 4.69) is 15.4 Å². The number of aromatic nitrogens is 3. The molecule has 0 unspecified atom stereocenters. The van der Waals surface area contributed by atoms with E-state index in [0.29, 0.717) is 17.9 Å². The number of rotatable bonds is 5. The van der Waals surface area contributed by atoms with Crippen LogP contribution in [0.1, 0.15) is 27.3 Å². The van der Waals surface area contributed by atoms with Crippen molar-refractivity contribution in [2.45, 2.75) is 20.4 Å². The number of aryl methyl sites for hydroxylation is 2. The molecule has 0 fully saturated rings. The lowest BCUT2D eigenvalue weighted by molar-refractivity contribution is 0.0940. The Hall–Kier alpha value is -3.80. The first kappa shape index (κ1) is 19.5. The molecule has 6 heteroatoms. The molecule has 0 radical (unpaired) electrons. The minimum Gasteiger partial charge on any atom is -0.345 e. The van der Waals surface area contributed by atoms with Gasteiger partial charge in [-0.1, -0.05) is 48.0 Å². The largest absolute Gasteiger partial charge is 0.345 e. The van der Waals surface area contributed by atoms with E-state index in [-0.39, 0.29) is 17.5 Å². The standard InChI is InChI=1S/C24H21FN4O/c1-16-8-13-21(17(2)14-16)29-23(19-9-11-20(25)12-10-19)27-22(28-29)24(30)26-15-18-6-4-3-5-7-18/h3-14H,15H2,1-2H3,(H,26,30). The Morgan fingerprint density at radius 3 is 2.43 bits per heavy atom. The number of hydrogen-bond acceptors (Lipinski definition) is 3. The molecule has 4 aromatic rings. The Morgan fingerprint density at radius 1 is 1.00 bits per heavy atom. The Morgan fingerprint density at radius 2 is 1.73 bits per heavy atom. The molecule has 0 bridgehead atoms. The van der Waals surface area contributed by atoms with Gasteiger partial charge < -0.3 is 5.32 Å². The highest BCUT2D eigenvalue weighted by Gasteiger charge is 2.19. The van der Waals surface area contributed by atoms with E-state index in [4.69, 9.17) is 0 Å². The number of amides is 1. The van der Waals surface area contributed by atoms with Gasteiger partial charge in [-0.15, -0.1) is 5.10 Å². The number of nitrogens with zero attached hydrogens (tertiary/aromatic N) is 3. The molecule has 0 saturated heterocycles. The van der Waals surface area contributed by atoms with Crippen LogP contribution >= 0.6 is 0 Å². The molecule has 0 atom stereocenters. The van der Waals surface area contributed by atoms with Crippen LogP contribution in [0.3, 0.4) is 0 Å². The van der Waals surface area contributed by atoms with Gasteiger partial charge >= 0.3 is 0 Å². The molecule has 1 amide bonds. The number of hydrogen-bond donors (Lipinski definition) is 1. The lowest BCUT2D eigenvalue weighted by Gasteiger charge is -2.09. The van der Waals surface area contributed by atoms with Gasteiger partial charge in [0.05, 0.1) is 5.69 Å². The smallest absolute Gasteiger partial charge is 0.291 e. The number of benzene rings is 3. The molecule has 0 aliphatic carbocycles. The molecular weight excluding hydrogens is 379 g/mol. The first-order valence-corrected chi connectivity index (χ1v) is 9.64. The summed E-state index contributed by atoms with van der Waals surface area (Å²) in [6.07, 6.45) is 0. The molecule has 3 aromatic carbocycles. The van der Waals surface area contributed by atoms with E-state index in [0.717, 1.165) is 22.4 Å². The first-order valence-electron chi connectivity index (χ1n) is 9.64. The summed E-state index contributed by atoms with van der Waals surface area (Å²) in [7, 11) is 0. The first-order chi connectivity index (χ1) is 14.5. The van der Waals surface area contributed by atoms with Crippen molar-refractivity contribution < 1.29 is 9.18 Å². The topological polar surface area (TPSA) is 59.8 Å². The van der Waals surface area contributed by atoms with Crippen LogP contribution in [-0.4, -0.2) is 20.7 Å². The van der Waals surface area contributed by atoms with Crippen molar-refractivity contribution >= 4 is 5.91 Å². The normalized spacial score (nSPS) is 10.8. The summed E-state index contributed by atoms with van der Waals surface area (Å²) in [6, 6.07) is 21.6. The Balaban J connectivity index is 1.71. The Bertz CT molecular complexity index is 1180. The summed E-state index contributed by atoms with van der Waals surface area (Å²) in [5.74, 6) is -0.167. The van der Waals surface area contributed by atoms with Crippen molar-refractivity contribution in [3.63, 3.8) is 0 Å². The zero-order valence-electron chi connectivity index (χ0n) is 16.8.